The summed E-state index contributed by atoms with van der Waals surface area (Å²) in [5.41, 5.74) is 10.5. The van der Waals surface area contributed by atoms with E-state index >= 15 is 0 Å². The highest BCUT2D eigenvalue weighted by molar-refractivity contribution is 5.31. The van der Waals surface area contributed by atoms with Crippen molar-refractivity contribution in [3.63, 3.8) is 0 Å². The van der Waals surface area contributed by atoms with Crippen molar-refractivity contribution in [2.45, 2.75) is 93.4 Å². The number of rotatable bonds is 4. The second kappa shape index (κ2) is 8.13. The fourth-order valence-corrected chi connectivity index (χ4v) is 6.53. The van der Waals surface area contributed by atoms with Crippen LogP contribution in [0.4, 0.5) is 0 Å². The van der Waals surface area contributed by atoms with E-state index in [1.54, 1.807) is 5.57 Å². The molecule has 0 heterocycles. The van der Waals surface area contributed by atoms with Crippen molar-refractivity contribution in [3.8, 4) is 0 Å². The van der Waals surface area contributed by atoms with E-state index in [-0.39, 0.29) is 0 Å². The van der Waals surface area contributed by atoms with E-state index in [1.807, 2.05) is 6.08 Å². The Balaban J connectivity index is 0.000000203. The molecule has 0 aromatic rings. The summed E-state index contributed by atoms with van der Waals surface area (Å²) in [4.78, 5) is 0. The van der Waals surface area contributed by atoms with Gasteiger partial charge < -0.3 is 5.73 Å². The van der Waals surface area contributed by atoms with E-state index in [1.165, 1.54) is 44.1 Å². The number of allylic oxidation sites excluding steroid dienone is 4. The summed E-state index contributed by atoms with van der Waals surface area (Å²) in [5.74, 6) is 1.72. The fourth-order valence-electron chi connectivity index (χ4n) is 6.53. The van der Waals surface area contributed by atoms with Gasteiger partial charge in [-0.3, -0.25) is 0 Å². The molecule has 2 unspecified atom stereocenters. The summed E-state index contributed by atoms with van der Waals surface area (Å²) in [6.07, 6.45) is 13.4. The molecule has 3 rings (SSSR count). The number of nitrogens with two attached hydrogens (primary N) is 1. The van der Waals surface area contributed by atoms with Crippen molar-refractivity contribution in [1.29, 1.82) is 0 Å². The summed E-state index contributed by atoms with van der Waals surface area (Å²) in [5, 5.41) is 0. The SMILES string of the molecule is C=C1C=C2C(CC1)C(C)CCCC2(C)C.C=CCCC1(CN)C(C)(C)C1(C)C. The van der Waals surface area contributed by atoms with Crippen LogP contribution in [0.2, 0.25) is 0 Å². The minimum atomic E-state index is 0.341. The highest BCUT2D eigenvalue weighted by Crippen LogP contribution is 2.79. The Morgan fingerprint density at radius 1 is 1.11 bits per heavy atom. The summed E-state index contributed by atoms with van der Waals surface area (Å²) < 4.78 is 0. The number of fused-ring (bicyclic) bond motifs is 1. The van der Waals surface area contributed by atoms with E-state index in [0.29, 0.717) is 21.7 Å². The van der Waals surface area contributed by atoms with Crippen LogP contribution in [-0.2, 0) is 0 Å². The molecule has 2 atom stereocenters. The molecule has 0 bridgehead atoms. The largest absolute Gasteiger partial charge is 0.330 e. The van der Waals surface area contributed by atoms with Gasteiger partial charge in [0.1, 0.15) is 0 Å². The van der Waals surface area contributed by atoms with Crippen molar-refractivity contribution in [2.24, 2.45) is 39.2 Å². The zero-order valence-electron chi connectivity index (χ0n) is 20.0. The first-order valence-corrected chi connectivity index (χ1v) is 11.6. The van der Waals surface area contributed by atoms with E-state index in [0.717, 1.165) is 24.8 Å². The van der Waals surface area contributed by atoms with Crippen LogP contribution in [0.3, 0.4) is 0 Å². The van der Waals surface area contributed by atoms with Crippen molar-refractivity contribution < 1.29 is 0 Å². The van der Waals surface area contributed by atoms with Crippen LogP contribution in [0.25, 0.3) is 0 Å². The second-order valence-electron chi connectivity index (χ2n) is 11.5. The average molecular weight is 386 g/mol. The van der Waals surface area contributed by atoms with Crippen molar-refractivity contribution in [3.05, 3.63) is 36.5 Å². The second-order valence-corrected chi connectivity index (χ2v) is 11.5. The fraction of sp³-hybridized carbons (Fsp3) is 0.778. The van der Waals surface area contributed by atoms with Gasteiger partial charge in [-0.05, 0) is 72.1 Å². The Morgan fingerprint density at radius 2 is 1.71 bits per heavy atom. The predicted molar refractivity (Wildman–Crippen MR) is 125 cm³/mol. The Morgan fingerprint density at radius 3 is 2.21 bits per heavy atom. The quantitative estimate of drug-likeness (QED) is 0.493. The standard InChI is InChI=1S/C15H24.C12H23N/c1-11-7-8-13-12(2)6-5-9-15(3,4)14(13)10-11;1-6-7-8-12(9-13)10(2,3)11(12,4)5/h10,12-13H,1,5-9H2,2-4H3;6H,1,7-9,13H2,2-5H3. The molecule has 3 aliphatic carbocycles. The smallest absolute Gasteiger partial charge is 0.000976 e. The molecule has 3 aliphatic rings. The van der Waals surface area contributed by atoms with Gasteiger partial charge in [0, 0.05) is 0 Å². The summed E-state index contributed by atoms with van der Waals surface area (Å²) in [7, 11) is 0. The van der Waals surface area contributed by atoms with Gasteiger partial charge in [-0.1, -0.05) is 91.2 Å². The third kappa shape index (κ3) is 3.81. The van der Waals surface area contributed by atoms with Gasteiger partial charge in [0.2, 0.25) is 0 Å². The van der Waals surface area contributed by atoms with Crippen LogP contribution in [-0.4, -0.2) is 6.54 Å². The molecular weight excluding hydrogens is 338 g/mol. The van der Waals surface area contributed by atoms with Crippen LogP contribution < -0.4 is 5.73 Å². The van der Waals surface area contributed by atoms with Gasteiger partial charge in [-0.15, -0.1) is 6.58 Å². The zero-order valence-corrected chi connectivity index (χ0v) is 20.0. The average Bonchev–Trinajstić information content (AvgIpc) is 3.01. The van der Waals surface area contributed by atoms with Crippen LogP contribution in [0.1, 0.15) is 93.4 Å². The Hall–Kier alpha value is -0.820. The normalized spacial score (nSPS) is 31.4. The molecule has 0 amide bonds. The molecule has 0 spiro atoms. The molecular formula is C27H47N. The minimum Gasteiger partial charge on any atom is -0.330 e. The molecule has 0 aliphatic heterocycles. The number of hydrogen-bond acceptors (Lipinski definition) is 1. The van der Waals surface area contributed by atoms with Gasteiger partial charge in [0.25, 0.3) is 0 Å². The first kappa shape index (κ1) is 23.5. The maximum atomic E-state index is 5.93. The topological polar surface area (TPSA) is 26.0 Å². The van der Waals surface area contributed by atoms with Crippen molar-refractivity contribution in [2.75, 3.05) is 6.54 Å². The third-order valence-corrected chi connectivity index (χ3v) is 9.48. The molecule has 0 aromatic heterocycles. The first-order valence-electron chi connectivity index (χ1n) is 11.6. The molecule has 2 N–H and O–H groups in total. The maximum absolute atomic E-state index is 5.93. The number of hydrogen-bond donors (Lipinski definition) is 1. The summed E-state index contributed by atoms with van der Waals surface area (Å²) in [6.45, 7) is 25.4. The van der Waals surface area contributed by atoms with Gasteiger partial charge in [-0.25, -0.2) is 0 Å². The highest BCUT2D eigenvalue weighted by atomic mass is 14.8. The van der Waals surface area contributed by atoms with Gasteiger partial charge >= 0.3 is 0 Å². The predicted octanol–water partition coefficient (Wildman–Crippen LogP) is 7.69. The monoisotopic (exact) mass is 385 g/mol. The Labute approximate surface area is 175 Å². The van der Waals surface area contributed by atoms with Crippen molar-refractivity contribution >= 4 is 0 Å². The van der Waals surface area contributed by atoms with E-state index < -0.39 is 0 Å². The molecule has 160 valence electrons. The van der Waals surface area contributed by atoms with Crippen LogP contribution in [0.15, 0.2) is 36.5 Å². The summed E-state index contributed by atoms with van der Waals surface area (Å²) >= 11 is 0. The van der Waals surface area contributed by atoms with E-state index in [4.69, 9.17) is 5.73 Å². The molecule has 0 saturated heterocycles. The molecule has 2 saturated carbocycles. The molecule has 1 nitrogen and oxygen atoms in total. The first-order chi connectivity index (χ1) is 12.9. The molecule has 0 aromatic carbocycles. The third-order valence-electron chi connectivity index (χ3n) is 9.48. The molecule has 28 heavy (non-hydrogen) atoms. The van der Waals surface area contributed by atoms with E-state index in [2.05, 4.69) is 67.7 Å². The lowest BCUT2D eigenvalue weighted by molar-refractivity contribution is 0.328. The lowest BCUT2D eigenvalue weighted by Crippen LogP contribution is -2.25. The van der Waals surface area contributed by atoms with Gasteiger partial charge in [-0.2, -0.15) is 0 Å². The Bertz CT molecular complexity index is 602. The Kier molecular flexibility index (Phi) is 6.81. The molecule has 2 fully saturated rings. The summed E-state index contributed by atoms with van der Waals surface area (Å²) in [6, 6.07) is 0. The zero-order chi connectivity index (χ0) is 21.4. The highest BCUT2D eigenvalue weighted by Gasteiger charge is 2.74. The lowest BCUT2D eigenvalue weighted by atomic mass is 9.69. The lowest BCUT2D eigenvalue weighted by Gasteiger charge is -2.36. The van der Waals surface area contributed by atoms with Gasteiger partial charge in [0.15, 0.2) is 0 Å². The minimum absolute atomic E-state index is 0.341. The van der Waals surface area contributed by atoms with Gasteiger partial charge in [0.05, 0.1) is 0 Å². The molecule has 1 heteroatoms. The molecule has 0 radical (unpaired) electrons. The van der Waals surface area contributed by atoms with E-state index in [9.17, 15) is 0 Å². The maximum Gasteiger partial charge on any atom is -0.000976 e. The van der Waals surface area contributed by atoms with Crippen LogP contribution in [0.5, 0.6) is 0 Å². The van der Waals surface area contributed by atoms with Crippen molar-refractivity contribution in [1.82, 2.24) is 0 Å². The van der Waals surface area contributed by atoms with Crippen LogP contribution >= 0.6 is 0 Å². The van der Waals surface area contributed by atoms with Crippen LogP contribution in [0, 0.1) is 33.5 Å².